The van der Waals surface area contributed by atoms with Crippen LogP contribution in [-0.4, -0.2) is 5.91 Å². The molecule has 1 N–H and O–H groups in total. The fraction of sp³-hybridized carbons (Fsp3) is 0.450. The van der Waals surface area contributed by atoms with Gasteiger partial charge in [-0.05, 0) is 41.7 Å². The smallest absolute Gasteiger partial charge is 0.227 e. The fourth-order valence-corrected chi connectivity index (χ4v) is 3.22. The molecule has 0 spiro atoms. The van der Waals surface area contributed by atoms with Crippen LogP contribution in [0.4, 0.5) is 5.69 Å². The van der Waals surface area contributed by atoms with Crippen LogP contribution in [0.3, 0.4) is 0 Å². The fourth-order valence-electron chi connectivity index (χ4n) is 3.22. The average molecular weight is 295 g/mol. The Kier molecular flexibility index (Phi) is 4.77. The summed E-state index contributed by atoms with van der Waals surface area (Å²) in [7, 11) is 0. The van der Waals surface area contributed by atoms with Gasteiger partial charge in [0.2, 0.25) is 5.91 Å². The van der Waals surface area contributed by atoms with Crippen molar-refractivity contribution in [3.8, 4) is 0 Å². The van der Waals surface area contributed by atoms with Gasteiger partial charge in [0.05, 0.1) is 0 Å². The van der Waals surface area contributed by atoms with E-state index in [4.69, 9.17) is 0 Å². The maximum atomic E-state index is 12.3. The lowest BCUT2D eigenvalue weighted by Crippen LogP contribution is -2.14. The molecule has 2 atom stereocenters. The minimum Gasteiger partial charge on any atom is -0.326 e. The molecule has 0 radical (unpaired) electrons. The second kappa shape index (κ2) is 6.95. The van der Waals surface area contributed by atoms with Gasteiger partial charge in [-0.25, -0.2) is 0 Å². The molecule has 1 saturated carbocycles. The number of rotatable bonds is 7. The van der Waals surface area contributed by atoms with E-state index in [0.717, 1.165) is 12.1 Å². The summed E-state index contributed by atoms with van der Waals surface area (Å²) in [5, 5.41) is 5.47. The molecule has 0 unspecified atom stereocenters. The lowest BCUT2D eigenvalue weighted by atomic mass is 10.1. The molecular weight excluding hydrogens is 270 g/mol. The van der Waals surface area contributed by atoms with Crippen molar-refractivity contribution in [1.82, 2.24) is 0 Å². The molecule has 2 nitrogen and oxygen atoms in total. The van der Waals surface area contributed by atoms with Crippen LogP contribution in [0.25, 0.3) is 10.8 Å². The van der Waals surface area contributed by atoms with Crippen molar-refractivity contribution in [2.45, 2.75) is 45.4 Å². The Morgan fingerprint density at radius 3 is 2.73 bits per heavy atom. The number of anilines is 1. The van der Waals surface area contributed by atoms with Crippen molar-refractivity contribution in [3.63, 3.8) is 0 Å². The molecule has 2 aromatic rings. The van der Waals surface area contributed by atoms with Gasteiger partial charge in [0, 0.05) is 11.6 Å². The van der Waals surface area contributed by atoms with Crippen molar-refractivity contribution in [1.29, 1.82) is 0 Å². The van der Waals surface area contributed by atoms with Gasteiger partial charge in [-0.3, -0.25) is 4.79 Å². The normalized spacial score (nSPS) is 20.0. The Morgan fingerprint density at radius 2 is 1.91 bits per heavy atom. The van der Waals surface area contributed by atoms with Crippen LogP contribution in [-0.2, 0) is 4.79 Å². The Hall–Kier alpha value is -1.83. The SMILES string of the molecule is CCCCCC[C@H]1C[C@H]1C(=O)Nc1ccc2ccccc2c1. The molecule has 1 amide bonds. The highest BCUT2D eigenvalue weighted by molar-refractivity contribution is 5.96. The van der Waals surface area contributed by atoms with E-state index < -0.39 is 0 Å². The molecule has 0 heterocycles. The van der Waals surface area contributed by atoms with E-state index in [-0.39, 0.29) is 11.8 Å². The van der Waals surface area contributed by atoms with Crippen LogP contribution < -0.4 is 5.32 Å². The average Bonchev–Trinajstić information content (AvgIpc) is 3.31. The Morgan fingerprint density at radius 1 is 1.09 bits per heavy atom. The molecule has 1 aliphatic carbocycles. The third-order valence-electron chi connectivity index (χ3n) is 4.70. The summed E-state index contributed by atoms with van der Waals surface area (Å²) in [5.74, 6) is 1.07. The molecule has 2 aromatic carbocycles. The molecular formula is C20H25NO. The predicted molar refractivity (Wildman–Crippen MR) is 92.9 cm³/mol. The highest BCUT2D eigenvalue weighted by Gasteiger charge is 2.42. The minimum absolute atomic E-state index is 0.204. The molecule has 22 heavy (non-hydrogen) atoms. The number of carbonyl (C=O) groups is 1. The summed E-state index contributed by atoms with van der Waals surface area (Å²) in [5.41, 5.74) is 0.917. The zero-order valence-electron chi connectivity index (χ0n) is 13.3. The maximum absolute atomic E-state index is 12.3. The van der Waals surface area contributed by atoms with Crippen LogP contribution in [0.5, 0.6) is 0 Å². The topological polar surface area (TPSA) is 29.1 Å². The first kappa shape index (κ1) is 15.1. The standard InChI is InChI=1S/C20H25NO/c1-2-3-4-5-10-17-14-19(17)20(22)21-18-12-11-15-8-6-7-9-16(15)13-18/h6-9,11-13,17,19H,2-5,10,14H2,1H3,(H,21,22)/t17-,19+/m0/s1. The zero-order chi connectivity index (χ0) is 15.4. The Bertz CT molecular complexity index is 649. The summed E-state index contributed by atoms with van der Waals surface area (Å²) >= 11 is 0. The maximum Gasteiger partial charge on any atom is 0.227 e. The largest absolute Gasteiger partial charge is 0.326 e. The second-order valence-electron chi connectivity index (χ2n) is 6.50. The van der Waals surface area contributed by atoms with Crippen LogP contribution in [0, 0.1) is 11.8 Å². The quantitative estimate of drug-likeness (QED) is 0.682. The van der Waals surface area contributed by atoms with Gasteiger partial charge >= 0.3 is 0 Å². The van der Waals surface area contributed by atoms with Gasteiger partial charge in [0.15, 0.2) is 0 Å². The monoisotopic (exact) mass is 295 g/mol. The van der Waals surface area contributed by atoms with Gasteiger partial charge in [0.25, 0.3) is 0 Å². The highest BCUT2D eigenvalue weighted by atomic mass is 16.2. The lowest BCUT2D eigenvalue weighted by molar-refractivity contribution is -0.117. The molecule has 1 fully saturated rings. The molecule has 1 aliphatic rings. The summed E-state index contributed by atoms with van der Waals surface area (Å²) in [4.78, 5) is 12.3. The van der Waals surface area contributed by atoms with E-state index in [1.165, 1.54) is 42.9 Å². The lowest BCUT2D eigenvalue weighted by Gasteiger charge is -2.06. The molecule has 0 aliphatic heterocycles. The van der Waals surface area contributed by atoms with Crippen LogP contribution in [0.1, 0.15) is 45.4 Å². The number of carbonyl (C=O) groups excluding carboxylic acids is 1. The first-order valence-corrected chi connectivity index (χ1v) is 8.57. The highest BCUT2D eigenvalue weighted by Crippen LogP contribution is 2.43. The third-order valence-corrected chi connectivity index (χ3v) is 4.70. The number of fused-ring (bicyclic) bond motifs is 1. The molecule has 3 rings (SSSR count). The molecule has 0 bridgehead atoms. The van der Waals surface area contributed by atoms with E-state index in [1.807, 2.05) is 18.2 Å². The van der Waals surface area contributed by atoms with Crippen molar-refractivity contribution in [2.24, 2.45) is 11.8 Å². The van der Waals surface area contributed by atoms with Crippen LogP contribution >= 0.6 is 0 Å². The number of unbranched alkanes of at least 4 members (excludes halogenated alkanes) is 3. The first-order valence-electron chi connectivity index (χ1n) is 8.57. The van der Waals surface area contributed by atoms with E-state index in [2.05, 4.69) is 36.5 Å². The van der Waals surface area contributed by atoms with E-state index in [0.29, 0.717) is 5.92 Å². The first-order chi connectivity index (χ1) is 10.8. The van der Waals surface area contributed by atoms with Gasteiger partial charge in [-0.1, -0.05) is 62.9 Å². The van der Waals surface area contributed by atoms with Crippen molar-refractivity contribution >= 4 is 22.4 Å². The number of hydrogen-bond donors (Lipinski definition) is 1. The summed E-state index contributed by atoms with van der Waals surface area (Å²) in [6.45, 7) is 2.23. The second-order valence-corrected chi connectivity index (χ2v) is 6.50. The molecule has 0 saturated heterocycles. The number of hydrogen-bond acceptors (Lipinski definition) is 1. The van der Waals surface area contributed by atoms with Gasteiger partial charge < -0.3 is 5.32 Å². The van der Waals surface area contributed by atoms with Gasteiger partial charge in [-0.15, -0.1) is 0 Å². The van der Waals surface area contributed by atoms with Crippen molar-refractivity contribution in [3.05, 3.63) is 42.5 Å². The van der Waals surface area contributed by atoms with Crippen LogP contribution in [0.2, 0.25) is 0 Å². The van der Waals surface area contributed by atoms with E-state index >= 15 is 0 Å². The molecule has 0 aromatic heterocycles. The van der Waals surface area contributed by atoms with Gasteiger partial charge in [-0.2, -0.15) is 0 Å². The van der Waals surface area contributed by atoms with Crippen molar-refractivity contribution < 1.29 is 4.79 Å². The summed E-state index contributed by atoms with van der Waals surface area (Å²) in [6.07, 6.45) is 7.48. The molecule has 2 heteroatoms. The van der Waals surface area contributed by atoms with E-state index in [9.17, 15) is 4.79 Å². The predicted octanol–water partition coefficient (Wildman–Crippen LogP) is 5.38. The minimum atomic E-state index is 0.204. The van der Waals surface area contributed by atoms with Gasteiger partial charge in [0.1, 0.15) is 0 Å². The van der Waals surface area contributed by atoms with Crippen molar-refractivity contribution in [2.75, 3.05) is 5.32 Å². The Balaban J connectivity index is 1.51. The number of nitrogens with one attached hydrogen (secondary N) is 1. The third kappa shape index (κ3) is 3.68. The number of amides is 1. The summed E-state index contributed by atoms with van der Waals surface area (Å²) in [6, 6.07) is 14.4. The zero-order valence-corrected chi connectivity index (χ0v) is 13.3. The van der Waals surface area contributed by atoms with E-state index in [1.54, 1.807) is 0 Å². The summed E-state index contributed by atoms with van der Waals surface area (Å²) < 4.78 is 0. The molecule has 116 valence electrons. The Labute approximate surface area is 132 Å². The number of benzene rings is 2. The van der Waals surface area contributed by atoms with Crippen LogP contribution in [0.15, 0.2) is 42.5 Å².